The number of amides is 1. The molecule has 1 spiro atoms. The fourth-order valence-electron chi connectivity index (χ4n) is 7.02. The van der Waals surface area contributed by atoms with Crippen LogP contribution in [0.3, 0.4) is 0 Å². The predicted molar refractivity (Wildman–Crippen MR) is 122 cm³/mol. The zero-order valence-electron chi connectivity index (χ0n) is 19.6. The first-order chi connectivity index (χ1) is 15.4. The van der Waals surface area contributed by atoms with Crippen LogP contribution in [0.15, 0.2) is 36.7 Å². The number of nitrogens with zero attached hydrogens (tertiary/aromatic N) is 2. The minimum atomic E-state index is 0.0844. The molecule has 2 saturated carbocycles. The van der Waals surface area contributed by atoms with Gasteiger partial charge in [-0.05, 0) is 66.5 Å². The number of imidazole rings is 1. The molecule has 2 aromatic rings. The van der Waals surface area contributed by atoms with Gasteiger partial charge in [0.15, 0.2) is 0 Å². The van der Waals surface area contributed by atoms with Gasteiger partial charge in [-0.15, -0.1) is 0 Å². The highest BCUT2D eigenvalue weighted by atomic mass is 16.5. The lowest BCUT2D eigenvalue weighted by atomic mass is 9.59. The van der Waals surface area contributed by atoms with Crippen molar-refractivity contribution in [3.63, 3.8) is 0 Å². The number of carbonyl (C=O) groups is 1. The summed E-state index contributed by atoms with van der Waals surface area (Å²) in [4.78, 5) is 17.0. The normalized spacial score (nSPS) is 32.6. The van der Waals surface area contributed by atoms with Crippen LogP contribution < -0.4 is 5.32 Å². The maximum Gasteiger partial charge on any atom is 0.222 e. The number of hydrogen-bond donors (Lipinski definition) is 1. The first-order valence-electron chi connectivity index (χ1n) is 11.9. The summed E-state index contributed by atoms with van der Waals surface area (Å²) in [5.41, 5.74) is 2.57. The Morgan fingerprint density at radius 2 is 2.09 bits per heavy atom. The van der Waals surface area contributed by atoms with Gasteiger partial charge in [0.05, 0.1) is 12.7 Å². The highest BCUT2D eigenvalue weighted by Gasteiger charge is 2.68. The van der Waals surface area contributed by atoms with Crippen LogP contribution >= 0.6 is 0 Å². The van der Waals surface area contributed by atoms with Gasteiger partial charge >= 0.3 is 0 Å². The number of rotatable bonds is 6. The molecule has 1 aliphatic heterocycles. The van der Waals surface area contributed by atoms with Crippen LogP contribution in [0.25, 0.3) is 5.69 Å². The molecule has 1 N–H and O–H groups in total. The van der Waals surface area contributed by atoms with E-state index in [1.807, 2.05) is 19.3 Å². The second-order valence-corrected chi connectivity index (χ2v) is 10.5. The molecule has 3 fully saturated rings. The minimum absolute atomic E-state index is 0.0844. The number of nitrogens with one attached hydrogen (secondary N) is 1. The SMILES string of the molecule is COCCC(=O)N[C@H]1C(C)(C)[C@@H]2C[C@@H]3[C@@H](c4ccc(-n5ccnc5C)cc4)OCCC31C2. The molecular formula is C26H35N3O3. The van der Waals surface area contributed by atoms with E-state index < -0.39 is 0 Å². The van der Waals surface area contributed by atoms with E-state index in [9.17, 15) is 4.79 Å². The van der Waals surface area contributed by atoms with E-state index in [-0.39, 0.29) is 28.9 Å². The van der Waals surface area contributed by atoms with Gasteiger partial charge in [-0.25, -0.2) is 4.98 Å². The van der Waals surface area contributed by atoms with Gasteiger partial charge in [0.2, 0.25) is 5.91 Å². The maximum absolute atomic E-state index is 12.7. The molecule has 1 aromatic heterocycles. The average molecular weight is 438 g/mol. The molecule has 172 valence electrons. The van der Waals surface area contributed by atoms with Crippen molar-refractivity contribution in [2.75, 3.05) is 20.3 Å². The second kappa shape index (κ2) is 7.99. The van der Waals surface area contributed by atoms with Gasteiger partial charge in [0.1, 0.15) is 5.82 Å². The van der Waals surface area contributed by atoms with Crippen LogP contribution in [0.2, 0.25) is 0 Å². The Hall–Kier alpha value is -2.18. The molecule has 2 aliphatic carbocycles. The first-order valence-corrected chi connectivity index (χ1v) is 11.9. The molecule has 0 radical (unpaired) electrons. The van der Waals surface area contributed by atoms with Crippen LogP contribution in [-0.2, 0) is 14.3 Å². The molecule has 1 saturated heterocycles. The van der Waals surface area contributed by atoms with Crippen LogP contribution in [-0.4, -0.2) is 41.8 Å². The standard InChI is InChI=1S/C26H35N3O3/c1-17-27-11-12-29(17)20-7-5-18(6-8-20)23-21-15-19-16-26(21,10-14-32-23)24(25(19,2)3)28-22(30)9-13-31-4/h5-8,11-12,19,21,23-24H,9-10,13-16H2,1-4H3,(H,28,30)/t19-,21-,23-,24+,26?/m1/s1. The summed E-state index contributed by atoms with van der Waals surface area (Å²) in [6.07, 6.45) is 7.71. The minimum Gasteiger partial charge on any atom is -0.384 e. The molecule has 1 aromatic carbocycles. The van der Waals surface area contributed by atoms with Crippen molar-refractivity contribution in [1.82, 2.24) is 14.9 Å². The van der Waals surface area contributed by atoms with Crippen molar-refractivity contribution in [1.29, 1.82) is 0 Å². The fraction of sp³-hybridized carbons (Fsp3) is 0.615. The summed E-state index contributed by atoms with van der Waals surface area (Å²) in [7, 11) is 1.64. The first kappa shape index (κ1) is 21.7. The molecule has 1 unspecified atom stereocenters. The number of ether oxygens (including phenoxy) is 2. The predicted octanol–water partition coefficient (Wildman–Crippen LogP) is 4.22. The summed E-state index contributed by atoms with van der Waals surface area (Å²) in [5, 5.41) is 3.45. The van der Waals surface area contributed by atoms with Crippen molar-refractivity contribution in [2.24, 2.45) is 22.7 Å². The van der Waals surface area contributed by atoms with Gasteiger partial charge in [0.25, 0.3) is 0 Å². The Morgan fingerprint density at radius 3 is 2.78 bits per heavy atom. The van der Waals surface area contributed by atoms with Gasteiger partial charge in [0, 0.05) is 44.3 Å². The van der Waals surface area contributed by atoms with E-state index in [4.69, 9.17) is 9.47 Å². The molecule has 1 amide bonds. The van der Waals surface area contributed by atoms with E-state index in [1.54, 1.807) is 7.11 Å². The Labute approximate surface area is 190 Å². The Bertz CT molecular complexity index is 982. The van der Waals surface area contributed by atoms with Crippen molar-refractivity contribution < 1.29 is 14.3 Å². The number of aryl methyl sites for hydroxylation is 1. The molecule has 6 heteroatoms. The van der Waals surface area contributed by atoms with Gasteiger partial charge in [-0.2, -0.15) is 0 Å². The highest BCUT2D eigenvalue weighted by molar-refractivity contribution is 5.76. The number of fused-ring (bicyclic) bond motifs is 1. The number of carbonyl (C=O) groups excluding carboxylic acids is 1. The Kier molecular flexibility index (Phi) is 5.41. The van der Waals surface area contributed by atoms with Crippen LogP contribution in [0.5, 0.6) is 0 Å². The summed E-state index contributed by atoms with van der Waals surface area (Å²) in [6.45, 7) is 7.91. The van der Waals surface area contributed by atoms with Crippen LogP contribution in [0.1, 0.15) is 57.0 Å². The maximum atomic E-state index is 12.7. The monoisotopic (exact) mass is 437 g/mol. The van der Waals surface area contributed by atoms with Gasteiger partial charge in [-0.1, -0.05) is 26.0 Å². The third-order valence-corrected chi connectivity index (χ3v) is 8.67. The Morgan fingerprint density at radius 1 is 1.31 bits per heavy atom. The fourth-order valence-corrected chi connectivity index (χ4v) is 7.02. The smallest absolute Gasteiger partial charge is 0.222 e. The van der Waals surface area contributed by atoms with Crippen molar-refractivity contribution in [3.05, 3.63) is 48.0 Å². The topological polar surface area (TPSA) is 65.4 Å². The van der Waals surface area contributed by atoms with Crippen LogP contribution in [0.4, 0.5) is 0 Å². The number of aromatic nitrogens is 2. The highest BCUT2D eigenvalue weighted by Crippen LogP contribution is 2.70. The summed E-state index contributed by atoms with van der Waals surface area (Å²) < 4.78 is 13.6. The summed E-state index contributed by atoms with van der Waals surface area (Å²) >= 11 is 0. The second-order valence-electron chi connectivity index (χ2n) is 10.5. The third-order valence-electron chi connectivity index (χ3n) is 8.67. The van der Waals surface area contributed by atoms with E-state index in [0.717, 1.165) is 24.5 Å². The molecule has 2 heterocycles. The quantitative estimate of drug-likeness (QED) is 0.735. The molecule has 5 atom stereocenters. The molecule has 6 nitrogen and oxygen atoms in total. The molecule has 32 heavy (non-hydrogen) atoms. The van der Waals surface area contributed by atoms with Crippen LogP contribution in [0, 0.1) is 29.6 Å². The lowest BCUT2D eigenvalue weighted by Crippen LogP contribution is -2.59. The molecular weight excluding hydrogens is 402 g/mol. The zero-order chi connectivity index (χ0) is 22.5. The van der Waals surface area contributed by atoms with E-state index in [0.29, 0.717) is 24.9 Å². The lowest BCUT2D eigenvalue weighted by molar-refractivity contribution is -0.137. The summed E-state index contributed by atoms with van der Waals surface area (Å²) in [5.74, 6) is 2.13. The Balaban J connectivity index is 1.41. The zero-order valence-corrected chi connectivity index (χ0v) is 19.6. The van der Waals surface area contributed by atoms with E-state index in [1.165, 1.54) is 18.4 Å². The van der Waals surface area contributed by atoms with E-state index in [2.05, 4.69) is 53.0 Å². The van der Waals surface area contributed by atoms with E-state index >= 15 is 0 Å². The largest absolute Gasteiger partial charge is 0.384 e. The summed E-state index contributed by atoms with van der Waals surface area (Å²) in [6, 6.07) is 8.93. The van der Waals surface area contributed by atoms with Crippen molar-refractivity contribution in [2.45, 2.75) is 58.6 Å². The average Bonchev–Trinajstić information content (AvgIpc) is 3.44. The molecule has 5 rings (SSSR count). The van der Waals surface area contributed by atoms with Gasteiger partial charge < -0.3 is 19.4 Å². The number of methoxy groups -OCH3 is 1. The number of benzene rings is 1. The molecule has 2 bridgehead atoms. The van der Waals surface area contributed by atoms with Crippen molar-refractivity contribution in [3.8, 4) is 5.69 Å². The molecule has 3 aliphatic rings. The number of hydrogen-bond acceptors (Lipinski definition) is 4. The van der Waals surface area contributed by atoms with Gasteiger partial charge in [-0.3, -0.25) is 4.79 Å². The van der Waals surface area contributed by atoms with Crippen molar-refractivity contribution >= 4 is 5.91 Å². The lowest BCUT2D eigenvalue weighted by Gasteiger charge is -2.53. The third kappa shape index (κ3) is 3.30.